The van der Waals surface area contributed by atoms with Crippen LogP contribution in [-0.2, 0) is 16.1 Å². The molecule has 0 aromatic heterocycles. The summed E-state index contributed by atoms with van der Waals surface area (Å²) >= 11 is 0. The number of esters is 1. The number of nitrogens with zero attached hydrogens (tertiary/aromatic N) is 2. The van der Waals surface area contributed by atoms with Crippen LogP contribution in [0.5, 0.6) is 0 Å². The van der Waals surface area contributed by atoms with E-state index in [2.05, 4.69) is 17.0 Å². The van der Waals surface area contributed by atoms with Crippen molar-refractivity contribution in [3.63, 3.8) is 0 Å². The van der Waals surface area contributed by atoms with Crippen LogP contribution in [0.2, 0.25) is 0 Å². The summed E-state index contributed by atoms with van der Waals surface area (Å²) in [6.07, 6.45) is 0. The third-order valence-electron chi connectivity index (χ3n) is 5.07. The first-order chi connectivity index (χ1) is 14.3. The summed E-state index contributed by atoms with van der Waals surface area (Å²) in [7, 11) is 0. The fourth-order valence-electron chi connectivity index (χ4n) is 3.75. The van der Waals surface area contributed by atoms with Crippen molar-refractivity contribution in [2.24, 2.45) is 4.99 Å². The highest BCUT2D eigenvalue weighted by molar-refractivity contribution is 6.03. The van der Waals surface area contributed by atoms with Gasteiger partial charge in [-0.15, -0.1) is 0 Å². The molecule has 2 atom stereocenters. The minimum absolute atomic E-state index is 0.244. The number of amidine groups is 1. The van der Waals surface area contributed by atoms with Crippen molar-refractivity contribution in [2.45, 2.75) is 25.6 Å². The second-order valence-corrected chi connectivity index (χ2v) is 6.98. The summed E-state index contributed by atoms with van der Waals surface area (Å²) in [5, 5.41) is 0. The van der Waals surface area contributed by atoms with Gasteiger partial charge in [-0.2, -0.15) is 0 Å². The van der Waals surface area contributed by atoms with Crippen LogP contribution in [-0.4, -0.2) is 29.4 Å². The van der Waals surface area contributed by atoms with E-state index in [-0.39, 0.29) is 12.0 Å². The topological polar surface area (TPSA) is 41.9 Å². The van der Waals surface area contributed by atoms with E-state index in [4.69, 9.17) is 9.73 Å². The molecule has 3 aromatic carbocycles. The Morgan fingerprint density at radius 1 is 0.897 bits per heavy atom. The van der Waals surface area contributed by atoms with Gasteiger partial charge in [0.1, 0.15) is 11.9 Å². The summed E-state index contributed by atoms with van der Waals surface area (Å²) in [5.74, 6) is 0.577. The van der Waals surface area contributed by atoms with Crippen LogP contribution in [0.15, 0.2) is 96.0 Å². The predicted octanol–water partition coefficient (Wildman–Crippen LogP) is 4.62. The van der Waals surface area contributed by atoms with Crippen molar-refractivity contribution < 1.29 is 9.53 Å². The van der Waals surface area contributed by atoms with Crippen LogP contribution in [0.1, 0.15) is 29.7 Å². The first-order valence-corrected chi connectivity index (χ1v) is 9.93. The molecule has 3 aromatic rings. The second kappa shape index (κ2) is 8.74. The Morgan fingerprint density at radius 3 is 2.10 bits per heavy atom. The highest BCUT2D eigenvalue weighted by atomic mass is 16.5. The summed E-state index contributed by atoms with van der Waals surface area (Å²) in [6, 6.07) is 29.4. The molecule has 4 heteroatoms. The molecule has 0 fully saturated rings. The standard InChI is InChI=1S/C25H24N2O2/c1-2-29-25(28)23-22(20-14-8-4-9-15-20)26-24(21-16-10-5-11-17-21)27(23)18-19-12-6-3-7-13-19/h3-17,22-23H,2,18H2,1H3/t22-,23+/m0/s1. The SMILES string of the molecule is CCOC(=O)[C@H]1[C@H](c2ccccc2)N=C(c2ccccc2)N1Cc1ccccc1. The minimum Gasteiger partial charge on any atom is -0.464 e. The van der Waals surface area contributed by atoms with Gasteiger partial charge in [-0.1, -0.05) is 91.0 Å². The van der Waals surface area contributed by atoms with Gasteiger partial charge in [0.2, 0.25) is 0 Å². The third-order valence-corrected chi connectivity index (χ3v) is 5.07. The number of aliphatic imine (C=N–C) groups is 1. The van der Waals surface area contributed by atoms with Gasteiger partial charge in [0.05, 0.1) is 6.61 Å². The summed E-state index contributed by atoms with van der Waals surface area (Å²) in [6.45, 7) is 2.77. The molecule has 1 aliphatic heterocycles. The average molecular weight is 384 g/mol. The zero-order valence-electron chi connectivity index (χ0n) is 16.4. The molecule has 0 radical (unpaired) electrons. The van der Waals surface area contributed by atoms with Crippen LogP contribution in [0.25, 0.3) is 0 Å². The van der Waals surface area contributed by atoms with E-state index in [1.807, 2.05) is 85.8 Å². The highest BCUT2D eigenvalue weighted by Gasteiger charge is 2.43. The monoisotopic (exact) mass is 384 g/mol. The van der Waals surface area contributed by atoms with Gasteiger partial charge in [-0.3, -0.25) is 4.99 Å². The number of carbonyl (C=O) groups is 1. The Balaban J connectivity index is 1.80. The molecule has 4 nitrogen and oxygen atoms in total. The lowest BCUT2D eigenvalue weighted by Gasteiger charge is -2.29. The zero-order valence-corrected chi connectivity index (χ0v) is 16.4. The van der Waals surface area contributed by atoms with Crippen molar-refractivity contribution in [2.75, 3.05) is 6.61 Å². The molecule has 0 unspecified atom stereocenters. The number of hydrogen-bond donors (Lipinski definition) is 0. The molecule has 0 aliphatic carbocycles. The Hall–Kier alpha value is -3.40. The number of carbonyl (C=O) groups excluding carboxylic acids is 1. The first kappa shape index (κ1) is 18.9. The first-order valence-electron chi connectivity index (χ1n) is 9.93. The van der Waals surface area contributed by atoms with E-state index in [1.165, 1.54) is 0 Å². The summed E-state index contributed by atoms with van der Waals surface area (Å²) < 4.78 is 5.48. The lowest BCUT2D eigenvalue weighted by atomic mass is 9.99. The lowest BCUT2D eigenvalue weighted by Crippen LogP contribution is -2.43. The molecule has 0 bridgehead atoms. The maximum Gasteiger partial charge on any atom is 0.331 e. The van der Waals surface area contributed by atoms with Crippen LogP contribution in [0, 0.1) is 0 Å². The number of benzene rings is 3. The van der Waals surface area contributed by atoms with Crippen molar-refractivity contribution in [1.29, 1.82) is 0 Å². The minimum atomic E-state index is -0.507. The second-order valence-electron chi connectivity index (χ2n) is 6.98. The largest absolute Gasteiger partial charge is 0.464 e. The fraction of sp³-hybridized carbons (Fsp3) is 0.200. The Morgan fingerprint density at radius 2 is 1.48 bits per heavy atom. The average Bonchev–Trinajstić information content (AvgIpc) is 3.15. The molecular formula is C25H24N2O2. The van der Waals surface area contributed by atoms with Crippen molar-refractivity contribution in [3.05, 3.63) is 108 Å². The molecule has 4 rings (SSSR count). The van der Waals surface area contributed by atoms with Gasteiger partial charge < -0.3 is 9.64 Å². The van der Waals surface area contributed by atoms with Gasteiger partial charge in [0, 0.05) is 12.1 Å². The van der Waals surface area contributed by atoms with Crippen LogP contribution in [0.3, 0.4) is 0 Å². The number of ether oxygens (including phenoxy) is 1. The smallest absolute Gasteiger partial charge is 0.331 e. The fourth-order valence-corrected chi connectivity index (χ4v) is 3.75. The predicted molar refractivity (Wildman–Crippen MR) is 115 cm³/mol. The maximum atomic E-state index is 13.1. The van der Waals surface area contributed by atoms with E-state index >= 15 is 0 Å². The zero-order chi connectivity index (χ0) is 20.1. The summed E-state index contributed by atoms with van der Waals surface area (Å²) in [4.78, 5) is 20.2. The van der Waals surface area contributed by atoms with Crippen molar-refractivity contribution in [1.82, 2.24) is 4.90 Å². The van der Waals surface area contributed by atoms with Gasteiger partial charge >= 0.3 is 5.97 Å². The van der Waals surface area contributed by atoms with Crippen LogP contribution >= 0.6 is 0 Å². The molecule has 0 spiro atoms. The van der Waals surface area contributed by atoms with E-state index in [0.717, 1.165) is 22.5 Å². The van der Waals surface area contributed by atoms with E-state index in [9.17, 15) is 4.79 Å². The van der Waals surface area contributed by atoms with E-state index in [0.29, 0.717) is 13.2 Å². The highest BCUT2D eigenvalue weighted by Crippen LogP contribution is 2.35. The molecule has 29 heavy (non-hydrogen) atoms. The molecule has 0 amide bonds. The van der Waals surface area contributed by atoms with E-state index < -0.39 is 6.04 Å². The van der Waals surface area contributed by atoms with Crippen LogP contribution < -0.4 is 0 Å². The molecule has 1 heterocycles. The van der Waals surface area contributed by atoms with Gasteiger partial charge in [-0.25, -0.2) is 4.79 Å². The molecule has 0 N–H and O–H groups in total. The maximum absolute atomic E-state index is 13.1. The van der Waals surface area contributed by atoms with Gasteiger partial charge in [0.15, 0.2) is 6.04 Å². The number of rotatable bonds is 6. The Kier molecular flexibility index (Phi) is 5.71. The van der Waals surface area contributed by atoms with Crippen molar-refractivity contribution in [3.8, 4) is 0 Å². The van der Waals surface area contributed by atoms with Gasteiger partial charge in [0.25, 0.3) is 0 Å². The molecule has 146 valence electrons. The Bertz CT molecular complexity index is 971. The van der Waals surface area contributed by atoms with E-state index in [1.54, 1.807) is 0 Å². The molecule has 1 aliphatic rings. The molecular weight excluding hydrogens is 360 g/mol. The van der Waals surface area contributed by atoms with Crippen LogP contribution in [0.4, 0.5) is 0 Å². The van der Waals surface area contributed by atoms with Gasteiger partial charge in [-0.05, 0) is 18.1 Å². The molecule has 0 saturated heterocycles. The number of hydrogen-bond acceptors (Lipinski definition) is 4. The summed E-state index contributed by atoms with van der Waals surface area (Å²) in [5.41, 5.74) is 3.13. The molecule has 0 saturated carbocycles. The quantitative estimate of drug-likeness (QED) is 0.582. The lowest BCUT2D eigenvalue weighted by molar-refractivity contribution is -0.148. The normalized spacial score (nSPS) is 18.4. The third kappa shape index (κ3) is 4.06. The van der Waals surface area contributed by atoms with Crippen molar-refractivity contribution >= 4 is 11.8 Å². The Labute approximate surface area is 171 Å².